The number of amides is 3. The lowest BCUT2D eigenvalue weighted by Gasteiger charge is -2.30. The molecule has 0 unspecified atom stereocenters. The SMILES string of the molecule is C[C@@H]1CC[C@H]2C(=O)N(N(Cc3ccccc3)C(=O)c3ccc([N+](=O)[O-])cc3)C(=O)[C@H]2C1. The lowest BCUT2D eigenvalue weighted by Crippen LogP contribution is -2.49. The summed E-state index contributed by atoms with van der Waals surface area (Å²) in [5.74, 6) is -1.68. The van der Waals surface area contributed by atoms with Crippen molar-refractivity contribution in [1.29, 1.82) is 0 Å². The normalized spacial score (nSPS) is 22.9. The summed E-state index contributed by atoms with van der Waals surface area (Å²) in [6.07, 6.45) is 2.15. The fourth-order valence-corrected chi connectivity index (χ4v) is 4.47. The van der Waals surface area contributed by atoms with Gasteiger partial charge in [0, 0.05) is 17.7 Å². The number of nitrogens with zero attached hydrogens (tertiary/aromatic N) is 3. The van der Waals surface area contributed by atoms with E-state index in [0.717, 1.165) is 17.0 Å². The van der Waals surface area contributed by atoms with Crippen molar-refractivity contribution in [2.24, 2.45) is 17.8 Å². The fourth-order valence-electron chi connectivity index (χ4n) is 4.47. The van der Waals surface area contributed by atoms with E-state index in [1.54, 1.807) is 0 Å². The molecule has 2 aromatic rings. The van der Waals surface area contributed by atoms with Crippen LogP contribution in [0.4, 0.5) is 5.69 Å². The smallest absolute Gasteiger partial charge is 0.272 e. The van der Waals surface area contributed by atoms with Crippen molar-refractivity contribution in [3.05, 3.63) is 75.8 Å². The van der Waals surface area contributed by atoms with E-state index >= 15 is 0 Å². The predicted octanol–water partition coefficient (Wildman–Crippen LogP) is 3.57. The first-order chi connectivity index (χ1) is 14.9. The molecule has 1 heterocycles. The summed E-state index contributed by atoms with van der Waals surface area (Å²) in [5.41, 5.74) is 0.798. The molecule has 0 bridgehead atoms. The van der Waals surface area contributed by atoms with E-state index in [2.05, 4.69) is 6.92 Å². The molecule has 0 aromatic heterocycles. The molecule has 2 aromatic carbocycles. The molecule has 31 heavy (non-hydrogen) atoms. The van der Waals surface area contributed by atoms with Gasteiger partial charge in [-0.1, -0.05) is 37.3 Å². The summed E-state index contributed by atoms with van der Waals surface area (Å²) in [5, 5.41) is 13.1. The minimum atomic E-state index is -0.549. The molecular weight excluding hydrogens is 398 g/mol. The van der Waals surface area contributed by atoms with Crippen molar-refractivity contribution in [3.63, 3.8) is 0 Å². The first kappa shape index (κ1) is 20.7. The standard InChI is InChI=1S/C23H23N3O5/c1-15-7-12-19-20(13-15)23(29)25(22(19)28)24(14-16-5-3-2-4-6-16)21(27)17-8-10-18(11-9-17)26(30)31/h2-6,8-11,15,19-20H,7,12-14H2,1H3/t15-,19-,20+/m1/s1. The van der Waals surface area contributed by atoms with Gasteiger partial charge in [-0.2, -0.15) is 5.01 Å². The van der Waals surface area contributed by atoms with Gasteiger partial charge in [-0.3, -0.25) is 24.5 Å². The third-order valence-corrected chi connectivity index (χ3v) is 6.14. The van der Waals surface area contributed by atoms with Crippen LogP contribution in [-0.2, 0) is 16.1 Å². The van der Waals surface area contributed by atoms with Crippen LogP contribution in [0.3, 0.4) is 0 Å². The van der Waals surface area contributed by atoms with Gasteiger partial charge in [0.15, 0.2) is 0 Å². The highest BCUT2D eigenvalue weighted by Gasteiger charge is 2.52. The summed E-state index contributed by atoms with van der Waals surface area (Å²) in [6, 6.07) is 14.3. The number of carbonyl (C=O) groups is 3. The van der Waals surface area contributed by atoms with Gasteiger partial charge in [0.25, 0.3) is 23.4 Å². The van der Waals surface area contributed by atoms with E-state index in [0.29, 0.717) is 18.8 Å². The maximum absolute atomic E-state index is 13.4. The zero-order chi connectivity index (χ0) is 22.1. The second-order valence-electron chi connectivity index (χ2n) is 8.27. The van der Waals surface area contributed by atoms with Crippen LogP contribution in [0.1, 0.15) is 42.1 Å². The number of nitro benzene ring substituents is 1. The topological polar surface area (TPSA) is 101 Å². The Morgan fingerprint density at radius 1 is 1.03 bits per heavy atom. The molecule has 1 aliphatic carbocycles. The van der Waals surface area contributed by atoms with E-state index in [1.807, 2.05) is 30.3 Å². The Labute approximate surface area is 179 Å². The van der Waals surface area contributed by atoms with Crippen LogP contribution < -0.4 is 0 Å². The van der Waals surface area contributed by atoms with Gasteiger partial charge < -0.3 is 0 Å². The van der Waals surface area contributed by atoms with Gasteiger partial charge in [-0.25, -0.2) is 5.01 Å². The molecule has 1 saturated heterocycles. The zero-order valence-electron chi connectivity index (χ0n) is 17.1. The highest BCUT2D eigenvalue weighted by atomic mass is 16.6. The summed E-state index contributed by atoms with van der Waals surface area (Å²) in [6.45, 7) is 2.11. The molecule has 0 radical (unpaired) electrons. The molecule has 8 nitrogen and oxygen atoms in total. The molecule has 3 amide bonds. The molecule has 0 N–H and O–H groups in total. The van der Waals surface area contributed by atoms with Crippen LogP contribution in [0.25, 0.3) is 0 Å². The lowest BCUT2D eigenvalue weighted by molar-refractivity contribution is -0.384. The van der Waals surface area contributed by atoms with Gasteiger partial charge in [0.05, 0.1) is 23.3 Å². The minimum Gasteiger partial charge on any atom is -0.272 e. The van der Waals surface area contributed by atoms with Crippen LogP contribution in [-0.4, -0.2) is 32.7 Å². The van der Waals surface area contributed by atoms with Gasteiger partial charge >= 0.3 is 0 Å². The Morgan fingerprint density at radius 2 is 1.68 bits per heavy atom. The highest BCUT2D eigenvalue weighted by molar-refractivity contribution is 6.07. The zero-order valence-corrected chi connectivity index (χ0v) is 17.1. The van der Waals surface area contributed by atoms with Crippen molar-refractivity contribution in [2.75, 3.05) is 0 Å². The molecule has 2 aliphatic rings. The maximum Gasteiger partial charge on any atom is 0.273 e. The Bertz CT molecular complexity index is 1020. The third kappa shape index (κ3) is 3.93. The maximum atomic E-state index is 13.4. The Hall–Kier alpha value is -3.55. The molecular formula is C23H23N3O5. The molecule has 1 aliphatic heterocycles. The highest BCUT2D eigenvalue weighted by Crippen LogP contribution is 2.41. The number of non-ortho nitro benzene ring substituents is 1. The first-order valence-corrected chi connectivity index (χ1v) is 10.3. The van der Waals surface area contributed by atoms with Crippen LogP contribution >= 0.6 is 0 Å². The summed E-state index contributed by atoms with van der Waals surface area (Å²) >= 11 is 0. The number of hydrogen-bond acceptors (Lipinski definition) is 5. The number of fused-ring (bicyclic) bond motifs is 1. The van der Waals surface area contributed by atoms with Gasteiger partial charge in [-0.05, 0) is 42.9 Å². The Balaban J connectivity index is 1.69. The van der Waals surface area contributed by atoms with Crippen molar-refractivity contribution >= 4 is 23.4 Å². The van der Waals surface area contributed by atoms with Crippen molar-refractivity contribution in [3.8, 4) is 0 Å². The van der Waals surface area contributed by atoms with E-state index in [-0.39, 0.29) is 29.6 Å². The number of hydrazine groups is 1. The molecule has 2 fully saturated rings. The summed E-state index contributed by atoms with van der Waals surface area (Å²) in [7, 11) is 0. The molecule has 160 valence electrons. The van der Waals surface area contributed by atoms with Crippen LogP contribution in [0, 0.1) is 27.9 Å². The predicted molar refractivity (Wildman–Crippen MR) is 111 cm³/mol. The third-order valence-electron chi connectivity index (χ3n) is 6.14. The van der Waals surface area contributed by atoms with Gasteiger partial charge in [-0.15, -0.1) is 0 Å². The van der Waals surface area contributed by atoms with Crippen LogP contribution in [0.5, 0.6) is 0 Å². The number of hydrogen-bond donors (Lipinski definition) is 0. The van der Waals surface area contributed by atoms with Crippen molar-refractivity contribution in [2.45, 2.75) is 32.7 Å². The molecule has 1 saturated carbocycles. The van der Waals surface area contributed by atoms with E-state index in [9.17, 15) is 24.5 Å². The first-order valence-electron chi connectivity index (χ1n) is 10.3. The molecule has 0 spiro atoms. The second kappa shape index (κ2) is 8.29. The average molecular weight is 421 g/mol. The van der Waals surface area contributed by atoms with Gasteiger partial charge in [0.2, 0.25) is 0 Å². The Kier molecular flexibility index (Phi) is 5.54. The molecule has 3 atom stereocenters. The fraction of sp³-hybridized carbons (Fsp3) is 0.348. The van der Waals surface area contributed by atoms with E-state index in [1.165, 1.54) is 29.3 Å². The van der Waals surface area contributed by atoms with Gasteiger partial charge in [0.1, 0.15) is 0 Å². The quantitative estimate of drug-likeness (QED) is 0.417. The largest absolute Gasteiger partial charge is 0.273 e. The van der Waals surface area contributed by atoms with Crippen LogP contribution in [0.15, 0.2) is 54.6 Å². The summed E-state index contributed by atoms with van der Waals surface area (Å²) < 4.78 is 0. The number of rotatable bonds is 5. The number of imide groups is 1. The lowest BCUT2D eigenvalue weighted by atomic mass is 9.76. The second-order valence-corrected chi connectivity index (χ2v) is 8.27. The van der Waals surface area contributed by atoms with Crippen molar-refractivity contribution in [1.82, 2.24) is 10.0 Å². The average Bonchev–Trinajstić information content (AvgIpc) is 3.02. The number of benzene rings is 2. The van der Waals surface area contributed by atoms with E-state index in [4.69, 9.17) is 0 Å². The number of carbonyl (C=O) groups excluding carboxylic acids is 3. The van der Waals surface area contributed by atoms with E-state index < -0.39 is 22.7 Å². The molecule has 4 rings (SSSR count). The molecule has 8 heteroatoms. The number of nitro groups is 1. The summed E-state index contributed by atoms with van der Waals surface area (Å²) in [4.78, 5) is 50.2. The monoisotopic (exact) mass is 421 g/mol. The van der Waals surface area contributed by atoms with Crippen LogP contribution in [0.2, 0.25) is 0 Å². The van der Waals surface area contributed by atoms with Crippen molar-refractivity contribution < 1.29 is 19.3 Å². The minimum absolute atomic E-state index is 0.0448. The Morgan fingerprint density at radius 3 is 2.32 bits per heavy atom.